The van der Waals surface area contributed by atoms with Crippen molar-refractivity contribution in [1.29, 1.82) is 0 Å². The molecule has 0 aromatic carbocycles. The van der Waals surface area contributed by atoms with E-state index in [-0.39, 0.29) is 25.7 Å². The molecular weight excluding hydrogens is 556 g/mol. The second kappa shape index (κ2) is 23.6. The fourth-order valence-electron chi connectivity index (χ4n) is 6.23. The first kappa shape index (κ1) is 40.3. The van der Waals surface area contributed by atoms with Crippen LogP contribution >= 0.6 is 0 Å². The predicted molar refractivity (Wildman–Crippen MR) is 176 cm³/mol. The maximum Gasteiger partial charge on any atom is 0.220 e. The zero-order valence-electron chi connectivity index (χ0n) is 28.1. The number of Topliss-reactive ketones (excluding diaryl/α,β-unsaturated/α-hetero) is 4. The van der Waals surface area contributed by atoms with Crippen LogP contribution < -0.4 is 0 Å². The maximum atomic E-state index is 13.3. The highest BCUT2D eigenvalue weighted by Gasteiger charge is 2.69. The summed E-state index contributed by atoms with van der Waals surface area (Å²) in [6, 6.07) is 0. The zero-order valence-corrected chi connectivity index (χ0v) is 28.1. The van der Waals surface area contributed by atoms with Crippen LogP contribution in [0.1, 0.15) is 181 Å². The van der Waals surface area contributed by atoms with Gasteiger partial charge in [0.05, 0.1) is 0 Å². The first-order valence-electron chi connectivity index (χ1n) is 18.1. The molecule has 2 atom stereocenters. The molecule has 0 bridgehead atoms. The highest BCUT2D eigenvalue weighted by molar-refractivity contribution is 6.21. The van der Waals surface area contributed by atoms with Crippen molar-refractivity contribution in [1.82, 2.24) is 0 Å². The summed E-state index contributed by atoms with van der Waals surface area (Å²) in [4.78, 5) is 51.5. The van der Waals surface area contributed by atoms with Gasteiger partial charge in [0.15, 0.2) is 34.8 Å². The molecular formula is C37H64O7. The zero-order chi connectivity index (χ0) is 32.7. The van der Waals surface area contributed by atoms with Crippen LogP contribution in [0.15, 0.2) is 12.2 Å². The van der Waals surface area contributed by atoms with Crippen molar-refractivity contribution in [2.45, 2.75) is 198 Å². The fourth-order valence-corrected chi connectivity index (χ4v) is 6.23. The van der Waals surface area contributed by atoms with Crippen molar-refractivity contribution in [3.05, 3.63) is 12.2 Å². The van der Waals surface area contributed by atoms with Crippen molar-refractivity contribution < 1.29 is 34.5 Å². The van der Waals surface area contributed by atoms with Gasteiger partial charge in [0.25, 0.3) is 0 Å². The maximum absolute atomic E-state index is 13.3. The van der Waals surface area contributed by atoms with Gasteiger partial charge in [-0.1, -0.05) is 135 Å². The monoisotopic (exact) mass is 620 g/mol. The third-order valence-corrected chi connectivity index (χ3v) is 9.26. The minimum Gasteiger partial charge on any atom is -0.382 e. The van der Waals surface area contributed by atoms with Crippen LogP contribution in [0, 0.1) is 0 Å². The smallest absolute Gasteiger partial charge is 0.220 e. The van der Waals surface area contributed by atoms with Gasteiger partial charge >= 0.3 is 0 Å². The van der Waals surface area contributed by atoms with Gasteiger partial charge in [-0.05, 0) is 32.1 Å². The van der Waals surface area contributed by atoms with Crippen LogP contribution in [0.3, 0.4) is 0 Å². The Balaban J connectivity index is 2.51. The number of ketones is 4. The molecule has 0 amide bonds. The van der Waals surface area contributed by atoms with Gasteiger partial charge in [-0.3, -0.25) is 19.2 Å². The Morgan fingerprint density at radius 3 is 1.52 bits per heavy atom. The molecule has 0 aromatic heterocycles. The van der Waals surface area contributed by atoms with E-state index in [1.807, 2.05) is 0 Å². The molecule has 1 rings (SSSR count). The first-order valence-corrected chi connectivity index (χ1v) is 18.1. The number of aliphatic hydroxyl groups is 3. The van der Waals surface area contributed by atoms with Crippen molar-refractivity contribution in [3.8, 4) is 0 Å². The fraction of sp³-hybridized carbons (Fsp3) is 0.838. The summed E-state index contributed by atoms with van der Waals surface area (Å²) >= 11 is 0. The normalized spacial score (nSPS) is 16.9. The summed E-state index contributed by atoms with van der Waals surface area (Å²) < 4.78 is 0. The Hall–Kier alpha value is -1.70. The van der Waals surface area contributed by atoms with E-state index in [4.69, 9.17) is 0 Å². The van der Waals surface area contributed by atoms with Gasteiger partial charge in [-0.15, -0.1) is 0 Å². The minimum atomic E-state index is -3.16. The average molecular weight is 621 g/mol. The second-order valence-electron chi connectivity index (χ2n) is 13.0. The highest BCUT2D eigenvalue weighted by atomic mass is 16.4. The van der Waals surface area contributed by atoms with Crippen molar-refractivity contribution in [3.63, 3.8) is 0 Å². The standard InChI is InChI=1S/C37H64O7/c1-3-5-7-9-11-13-15-16-18-19-21-23-25-27-31(38)35(42)37(44,36(43)33(40)29-30-34(36)41)32(39)28-26-24-22-20-17-14-12-10-8-6-4-2/h10,12,35,42-44H,3-9,11,13-30H2,1-2H3/b12-10+. The highest BCUT2D eigenvalue weighted by Crippen LogP contribution is 2.38. The van der Waals surface area contributed by atoms with E-state index in [0.29, 0.717) is 19.3 Å². The van der Waals surface area contributed by atoms with Gasteiger partial charge in [0.2, 0.25) is 5.60 Å². The lowest BCUT2D eigenvalue weighted by molar-refractivity contribution is -0.202. The Morgan fingerprint density at radius 2 is 1.05 bits per heavy atom. The third kappa shape index (κ3) is 13.3. The first-order chi connectivity index (χ1) is 21.2. The molecule has 0 aromatic rings. The molecule has 7 heteroatoms. The molecule has 44 heavy (non-hydrogen) atoms. The van der Waals surface area contributed by atoms with Gasteiger partial charge < -0.3 is 15.3 Å². The molecule has 1 saturated carbocycles. The van der Waals surface area contributed by atoms with Crippen molar-refractivity contribution in [2.75, 3.05) is 0 Å². The van der Waals surface area contributed by atoms with Gasteiger partial charge in [-0.2, -0.15) is 0 Å². The van der Waals surface area contributed by atoms with E-state index in [1.165, 1.54) is 64.2 Å². The molecule has 3 N–H and O–H groups in total. The summed E-state index contributed by atoms with van der Waals surface area (Å²) in [6.45, 7) is 4.40. The quantitative estimate of drug-likeness (QED) is 0.0441. The van der Waals surface area contributed by atoms with Gasteiger partial charge in [-0.25, -0.2) is 0 Å². The molecule has 1 aliphatic rings. The molecule has 0 aliphatic heterocycles. The molecule has 1 fully saturated rings. The summed E-state index contributed by atoms with van der Waals surface area (Å²) in [5.74, 6) is -3.87. The number of aliphatic hydroxyl groups excluding tert-OH is 1. The molecule has 0 spiro atoms. The summed E-state index contributed by atoms with van der Waals surface area (Å²) in [6.07, 6.45) is 24.2. The number of rotatable bonds is 29. The van der Waals surface area contributed by atoms with Crippen LogP contribution in [0.4, 0.5) is 0 Å². The number of carbonyl (C=O) groups excluding carboxylic acids is 4. The number of hydrogen-bond donors (Lipinski definition) is 3. The van der Waals surface area contributed by atoms with Crippen LogP contribution in [-0.4, -0.2) is 55.8 Å². The molecule has 0 saturated heterocycles. The molecule has 7 nitrogen and oxygen atoms in total. The van der Waals surface area contributed by atoms with E-state index in [2.05, 4.69) is 26.0 Å². The van der Waals surface area contributed by atoms with Crippen LogP contribution in [0.5, 0.6) is 0 Å². The minimum absolute atomic E-state index is 0.0974. The van der Waals surface area contributed by atoms with Crippen molar-refractivity contribution >= 4 is 23.1 Å². The number of hydrogen-bond acceptors (Lipinski definition) is 7. The number of allylic oxidation sites excluding steroid dienone is 2. The van der Waals surface area contributed by atoms with E-state index in [0.717, 1.165) is 57.8 Å². The topological polar surface area (TPSA) is 129 Å². The Morgan fingerprint density at radius 1 is 0.659 bits per heavy atom. The lowest BCUT2D eigenvalue weighted by Crippen LogP contribution is -2.72. The Labute approximate surface area is 267 Å². The molecule has 0 radical (unpaired) electrons. The molecule has 254 valence electrons. The van der Waals surface area contributed by atoms with E-state index in [1.54, 1.807) is 0 Å². The Bertz CT molecular complexity index is 848. The third-order valence-electron chi connectivity index (χ3n) is 9.26. The summed E-state index contributed by atoms with van der Waals surface area (Å²) in [5.41, 5.74) is -6.24. The van der Waals surface area contributed by atoms with Crippen LogP contribution in [0.2, 0.25) is 0 Å². The SMILES string of the molecule is CCCC/C=C/CCCCCCCC(=O)C(O)(C(O)C(=O)CCCCCCCCCCCCCCC)C1(O)C(=O)CCC1=O. The van der Waals surface area contributed by atoms with E-state index in [9.17, 15) is 34.5 Å². The number of unbranched alkanes of at least 4 members (excludes halogenated alkanes) is 19. The van der Waals surface area contributed by atoms with Gasteiger partial charge in [0.1, 0.15) is 0 Å². The van der Waals surface area contributed by atoms with E-state index >= 15 is 0 Å². The van der Waals surface area contributed by atoms with Crippen molar-refractivity contribution in [2.24, 2.45) is 0 Å². The van der Waals surface area contributed by atoms with E-state index < -0.39 is 40.4 Å². The van der Waals surface area contributed by atoms with Gasteiger partial charge in [0, 0.05) is 25.7 Å². The lowest BCUT2D eigenvalue weighted by atomic mass is 9.70. The largest absolute Gasteiger partial charge is 0.382 e. The predicted octanol–water partition coefficient (Wildman–Crippen LogP) is 7.84. The van der Waals surface area contributed by atoms with Crippen LogP contribution in [-0.2, 0) is 19.2 Å². The van der Waals surface area contributed by atoms with Crippen LogP contribution in [0.25, 0.3) is 0 Å². The lowest BCUT2D eigenvalue weighted by Gasteiger charge is -2.40. The Kier molecular flexibility index (Phi) is 21.6. The molecule has 0 heterocycles. The second-order valence-corrected chi connectivity index (χ2v) is 13.0. The number of carbonyl (C=O) groups is 4. The average Bonchev–Trinajstić information content (AvgIpc) is 3.29. The summed E-state index contributed by atoms with van der Waals surface area (Å²) in [7, 11) is 0. The molecule has 2 unspecified atom stereocenters. The summed E-state index contributed by atoms with van der Waals surface area (Å²) in [5, 5.41) is 33.5. The molecule has 1 aliphatic carbocycles.